The fourth-order valence-electron chi connectivity index (χ4n) is 2.74. The molecule has 0 aliphatic rings. The molecule has 0 atom stereocenters. The van der Waals surface area contributed by atoms with Gasteiger partial charge in [-0.25, -0.2) is 0 Å². The Bertz CT molecular complexity index is 647. The molecule has 1 amide bonds. The summed E-state index contributed by atoms with van der Waals surface area (Å²) in [5.41, 5.74) is 3.15. The minimum atomic E-state index is 0.0319. The Morgan fingerprint density at radius 1 is 0.960 bits per heavy atom. The first-order chi connectivity index (χ1) is 12.2. The van der Waals surface area contributed by atoms with Gasteiger partial charge < -0.3 is 15.0 Å². The normalized spacial score (nSPS) is 10.4. The molecule has 0 saturated heterocycles. The maximum absolute atomic E-state index is 12.1. The third-order valence-electron chi connectivity index (χ3n) is 4.15. The van der Waals surface area contributed by atoms with Gasteiger partial charge in [0.15, 0.2) is 0 Å². The number of hydrogen-bond donors (Lipinski definition) is 1. The Labute approximate surface area is 150 Å². The van der Waals surface area contributed by atoms with E-state index < -0.39 is 0 Å². The molecular formula is C21H28N2O2. The van der Waals surface area contributed by atoms with Gasteiger partial charge in [-0.15, -0.1) is 0 Å². The summed E-state index contributed by atoms with van der Waals surface area (Å²) < 4.78 is 5.43. The van der Waals surface area contributed by atoms with Gasteiger partial charge in [-0.2, -0.15) is 0 Å². The summed E-state index contributed by atoms with van der Waals surface area (Å²) >= 11 is 0. The molecule has 0 bridgehead atoms. The van der Waals surface area contributed by atoms with Crippen LogP contribution in [0.4, 0.5) is 11.4 Å². The zero-order chi connectivity index (χ0) is 18.1. The standard InChI is InChI=1S/C21H28N2O2/c1-4-23(5-2)19-12-10-18(11-13-19)22-21(24)16-9-17-7-14-20(15-8-17)25-6-3/h7-8,10-15H,4-6,9,16H2,1-3H3,(H,22,24). The van der Waals surface area contributed by atoms with E-state index in [1.54, 1.807) is 0 Å². The molecule has 0 spiro atoms. The summed E-state index contributed by atoms with van der Waals surface area (Å²) in [4.78, 5) is 14.4. The number of carbonyl (C=O) groups excluding carboxylic acids is 1. The van der Waals surface area contributed by atoms with Crippen molar-refractivity contribution in [2.45, 2.75) is 33.6 Å². The van der Waals surface area contributed by atoms with Crippen LogP contribution in [-0.2, 0) is 11.2 Å². The van der Waals surface area contributed by atoms with E-state index in [2.05, 4.69) is 36.2 Å². The summed E-state index contributed by atoms with van der Waals surface area (Å²) in [6.07, 6.45) is 1.18. The summed E-state index contributed by atoms with van der Waals surface area (Å²) in [6, 6.07) is 15.9. The topological polar surface area (TPSA) is 41.6 Å². The van der Waals surface area contributed by atoms with Gasteiger partial charge in [0.25, 0.3) is 0 Å². The van der Waals surface area contributed by atoms with Crippen molar-refractivity contribution in [2.24, 2.45) is 0 Å². The van der Waals surface area contributed by atoms with E-state index in [0.717, 1.165) is 36.5 Å². The molecule has 1 N–H and O–H groups in total. The highest BCUT2D eigenvalue weighted by Gasteiger charge is 2.05. The molecular weight excluding hydrogens is 312 g/mol. The number of carbonyl (C=O) groups is 1. The molecule has 0 saturated carbocycles. The van der Waals surface area contributed by atoms with Gasteiger partial charge in [0.1, 0.15) is 5.75 Å². The van der Waals surface area contributed by atoms with Gasteiger partial charge in [0, 0.05) is 30.9 Å². The molecule has 0 fully saturated rings. The van der Waals surface area contributed by atoms with Crippen LogP contribution < -0.4 is 15.0 Å². The maximum Gasteiger partial charge on any atom is 0.224 e. The van der Waals surface area contributed by atoms with Crippen molar-refractivity contribution in [1.29, 1.82) is 0 Å². The molecule has 0 aliphatic heterocycles. The maximum atomic E-state index is 12.1. The Morgan fingerprint density at radius 3 is 2.16 bits per heavy atom. The van der Waals surface area contributed by atoms with Crippen LogP contribution in [0.5, 0.6) is 5.75 Å². The molecule has 25 heavy (non-hydrogen) atoms. The number of aryl methyl sites for hydroxylation is 1. The third kappa shape index (κ3) is 5.82. The van der Waals surface area contributed by atoms with E-state index >= 15 is 0 Å². The Balaban J connectivity index is 1.83. The number of nitrogens with zero attached hydrogens (tertiary/aromatic N) is 1. The second kappa shape index (κ2) is 9.72. The molecule has 4 nitrogen and oxygen atoms in total. The van der Waals surface area contributed by atoms with Crippen molar-refractivity contribution >= 4 is 17.3 Å². The number of nitrogens with one attached hydrogen (secondary N) is 1. The molecule has 2 aromatic carbocycles. The van der Waals surface area contributed by atoms with Crippen molar-refractivity contribution in [1.82, 2.24) is 0 Å². The molecule has 0 radical (unpaired) electrons. The van der Waals surface area contributed by atoms with Crippen LogP contribution in [-0.4, -0.2) is 25.6 Å². The lowest BCUT2D eigenvalue weighted by Gasteiger charge is -2.21. The fourth-order valence-corrected chi connectivity index (χ4v) is 2.74. The Morgan fingerprint density at radius 2 is 1.60 bits per heavy atom. The highest BCUT2D eigenvalue weighted by atomic mass is 16.5. The van der Waals surface area contributed by atoms with Crippen LogP contribution in [0, 0.1) is 0 Å². The van der Waals surface area contributed by atoms with Crippen LogP contribution in [0.15, 0.2) is 48.5 Å². The van der Waals surface area contributed by atoms with E-state index in [0.29, 0.717) is 13.0 Å². The smallest absolute Gasteiger partial charge is 0.224 e. The van der Waals surface area contributed by atoms with E-state index in [4.69, 9.17) is 4.74 Å². The van der Waals surface area contributed by atoms with Gasteiger partial charge in [-0.1, -0.05) is 12.1 Å². The van der Waals surface area contributed by atoms with Gasteiger partial charge in [0.2, 0.25) is 5.91 Å². The van der Waals surface area contributed by atoms with Gasteiger partial charge in [0.05, 0.1) is 6.61 Å². The van der Waals surface area contributed by atoms with Crippen molar-refractivity contribution in [2.75, 3.05) is 29.9 Å². The lowest BCUT2D eigenvalue weighted by Crippen LogP contribution is -2.21. The SMILES string of the molecule is CCOc1ccc(CCC(=O)Nc2ccc(N(CC)CC)cc2)cc1. The molecule has 2 aromatic rings. The van der Waals surface area contributed by atoms with E-state index in [1.807, 2.05) is 43.3 Å². The van der Waals surface area contributed by atoms with Gasteiger partial charge in [-0.3, -0.25) is 4.79 Å². The molecule has 4 heteroatoms. The number of rotatable bonds is 9. The third-order valence-corrected chi connectivity index (χ3v) is 4.15. The molecule has 0 heterocycles. The quantitative estimate of drug-likeness (QED) is 0.730. The fraction of sp³-hybridized carbons (Fsp3) is 0.381. The zero-order valence-electron chi connectivity index (χ0n) is 15.4. The lowest BCUT2D eigenvalue weighted by atomic mass is 10.1. The van der Waals surface area contributed by atoms with Crippen molar-refractivity contribution in [3.63, 3.8) is 0 Å². The second-order valence-electron chi connectivity index (χ2n) is 5.84. The van der Waals surface area contributed by atoms with Crippen LogP contribution >= 0.6 is 0 Å². The Kier molecular flexibility index (Phi) is 7.33. The van der Waals surface area contributed by atoms with Crippen molar-refractivity contribution < 1.29 is 9.53 Å². The largest absolute Gasteiger partial charge is 0.494 e. The summed E-state index contributed by atoms with van der Waals surface area (Å²) in [7, 11) is 0. The van der Waals surface area contributed by atoms with Crippen molar-refractivity contribution in [3.05, 3.63) is 54.1 Å². The molecule has 2 rings (SSSR count). The minimum Gasteiger partial charge on any atom is -0.494 e. The van der Waals surface area contributed by atoms with Crippen LogP contribution in [0.3, 0.4) is 0 Å². The number of ether oxygens (including phenoxy) is 1. The van der Waals surface area contributed by atoms with Crippen molar-refractivity contribution in [3.8, 4) is 5.75 Å². The second-order valence-corrected chi connectivity index (χ2v) is 5.84. The Hall–Kier alpha value is -2.49. The first kappa shape index (κ1) is 18.8. The zero-order valence-corrected chi connectivity index (χ0v) is 15.4. The van der Waals surface area contributed by atoms with Gasteiger partial charge >= 0.3 is 0 Å². The average Bonchev–Trinajstić information content (AvgIpc) is 2.64. The number of hydrogen-bond acceptors (Lipinski definition) is 3. The lowest BCUT2D eigenvalue weighted by molar-refractivity contribution is -0.116. The van der Waals surface area contributed by atoms with Crippen LogP contribution in [0.25, 0.3) is 0 Å². The number of amides is 1. The molecule has 134 valence electrons. The predicted molar refractivity (Wildman–Crippen MR) is 105 cm³/mol. The molecule has 0 unspecified atom stereocenters. The number of benzene rings is 2. The van der Waals surface area contributed by atoms with E-state index in [9.17, 15) is 4.79 Å². The van der Waals surface area contributed by atoms with Gasteiger partial charge in [-0.05, 0) is 69.2 Å². The van der Waals surface area contributed by atoms with Crippen LogP contribution in [0.2, 0.25) is 0 Å². The number of anilines is 2. The highest BCUT2D eigenvalue weighted by Crippen LogP contribution is 2.18. The first-order valence-electron chi connectivity index (χ1n) is 9.02. The monoisotopic (exact) mass is 340 g/mol. The van der Waals surface area contributed by atoms with E-state index in [1.165, 1.54) is 5.69 Å². The predicted octanol–water partition coefficient (Wildman–Crippen LogP) is 4.50. The first-order valence-corrected chi connectivity index (χ1v) is 9.02. The highest BCUT2D eigenvalue weighted by molar-refractivity contribution is 5.91. The summed E-state index contributed by atoms with van der Waals surface area (Å²) in [6.45, 7) is 8.86. The summed E-state index contributed by atoms with van der Waals surface area (Å²) in [5.74, 6) is 0.897. The average molecular weight is 340 g/mol. The molecule has 0 aromatic heterocycles. The minimum absolute atomic E-state index is 0.0319. The van der Waals surface area contributed by atoms with E-state index in [-0.39, 0.29) is 5.91 Å². The van der Waals surface area contributed by atoms with Crippen LogP contribution in [0.1, 0.15) is 32.8 Å². The summed E-state index contributed by atoms with van der Waals surface area (Å²) in [5, 5.41) is 2.96. The molecule has 0 aliphatic carbocycles.